The Labute approximate surface area is 178 Å². The Hall–Kier alpha value is -2.99. The van der Waals surface area contributed by atoms with Gasteiger partial charge in [0.2, 0.25) is 0 Å². The molecule has 0 unspecified atom stereocenters. The molecule has 1 aliphatic rings. The van der Waals surface area contributed by atoms with Crippen LogP contribution in [0.25, 0.3) is 5.69 Å². The molecule has 0 bridgehead atoms. The molecule has 2 aromatic carbocycles. The van der Waals surface area contributed by atoms with E-state index in [1.807, 2.05) is 34.9 Å². The number of hydrogen-bond acceptors (Lipinski definition) is 4. The summed E-state index contributed by atoms with van der Waals surface area (Å²) in [6.07, 6.45) is 6.49. The molecule has 4 rings (SSSR count). The topological polar surface area (TPSA) is 54.3 Å². The number of carbonyl (C=O) groups is 1. The van der Waals surface area contributed by atoms with Crippen LogP contribution in [0.4, 0.5) is 0 Å². The lowest BCUT2D eigenvalue weighted by atomic mass is 9.96. The molecule has 3 aromatic rings. The van der Waals surface area contributed by atoms with Gasteiger partial charge in [-0.2, -0.15) is 0 Å². The third kappa shape index (κ3) is 5.13. The van der Waals surface area contributed by atoms with Crippen molar-refractivity contribution in [1.29, 1.82) is 0 Å². The number of hydrogen-bond donors (Lipinski definition) is 0. The molecule has 2 heterocycles. The lowest BCUT2D eigenvalue weighted by Crippen LogP contribution is -2.40. The lowest BCUT2D eigenvalue weighted by molar-refractivity contribution is 0.0700. The van der Waals surface area contributed by atoms with E-state index in [9.17, 15) is 4.79 Å². The first-order chi connectivity index (χ1) is 14.7. The molecule has 0 aliphatic carbocycles. The van der Waals surface area contributed by atoms with Gasteiger partial charge in [0.05, 0.1) is 0 Å². The summed E-state index contributed by atoms with van der Waals surface area (Å²) < 4.78 is 1.83. The molecule has 6 nitrogen and oxygen atoms in total. The van der Waals surface area contributed by atoms with Gasteiger partial charge in [-0.05, 0) is 75.1 Å². The molecule has 0 radical (unpaired) electrons. The lowest BCUT2D eigenvalue weighted by Gasteiger charge is -2.33. The van der Waals surface area contributed by atoms with Crippen LogP contribution in [0.2, 0.25) is 0 Å². The number of carbonyl (C=O) groups excluding carboxylic acids is 1. The number of amides is 1. The highest BCUT2D eigenvalue weighted by atomic mass is 16.2. The van der Waals surface area contributed by atoms with Crippen molar-refractivity contribution in [2.75, 3.05) is 33.2 Å². The van der Waals surface area contributed by atoms with Gasteiger partial charge >= 0.3 is 0 Å². The molecule has 1 aromatic heterocycles. The van der Waals surface area contributed by atoms with Crippen LogP contribution in [0.15, 0.2) is 67.3 Å². The molecule has 30 heavy (non-hydrogen) atoms. The molecule has 0 saturated carbocycles. The molecule has 0 atom stereocenters. The van der Waals surface area contributed by atoms with Crippen molar-refractivity contribution in [1.82, 2.24) is 24.6 Å². The predicted octanol–water partition coefficient (Wildman–Crippen LogP) is 3.29. The van der Waals surface area contributed by atoms with Gasteiger partial charge in [-0.3, -0.25) is 9.36 Å². The Morgan fingerprint density at radius 1 is 1.00 bits per heavy atom. The van der Waals surface area contributed by atoms with Gasteiger partial charge in [0.1, 0.15) is 12.7 Å². The number of rotatable bonds is 7. The van der Waals surface area contributed by atoms with Crippen molar-refractivity contribution < 1.29 is 4.79 Å². The minimum Gasteiger partial charge on any atom is -0.338 e. The molecule has 156 valence electrons. The monoisotopic (exact) mass is 403 g/mol. The summed E-state index contributed by atoms with van der Waals surface area (Å²) in [6, 6.07) is 18.1. The Morgan fingerprint density at radius 3 is 2.33 bits per heavy atom. The highest BCUT2D eigenvalue weighted by Gasteiger charge is 2.23. The van der Waals surface area contributed by atoms with E-state index in [0.29, 0.717) is 5.92 Å². The van der Waals surface area contributed by atoms with E-state index in [1.54, 1.807) is 12.7 Å². The highest BCUT2D eigenvalue weighted by molar-refractivity contribution is 5.94. The van der Waals surface area contributed by atoms with Crippen LogP contribution in [0, 0.1) is 5.92 Å². The van der Waals surface area contributed by atoms with Crippen LogP contribution in [-0.4, -0.2) is 63.7 Å². The van der Waals surface area contributed by atoms with Crippen LogP contribution in [-0.2, 0) is 6.42 Å². The first kappa shape index (κ1) is 20.3. The largest absolute Gasteiger partial charge is 0.338 e. The molecule has 0 spiro atoms. The summed E-state index contributed by atoms with van der Waals surface area (Å²) in [6.45, 7) is 3.78. The van der Waals surface area contributed by atoms with Gasteiger partial charge in [0.15, 0.2) is 0 Å². The fraction of sp³-hybridized carbons (Fsp3) is 0.375. The first-order valence-corrected chi connectivity index (χ1v) is 10.7. The number of aromatic nitrogens is 3. The molecular formula is C24H29N5O. The van der Waals surface area contributed by atoms with Crippen molar-refractivity contribution in [2.24, 2.45) is 5.92 Å². The van der Waals surface area contributed by atoms with E-state index < -0.39 is 0 Å². The van der Waals surface area contributed by atoms with Crippen LogP contribution < -0.4 is 0 Å². The summed E-state index contributed by atoms with van der Waals surface area (Å²) in [7, 11) is 2.17. The maximum Gasteiger partial charge on any atom is 0.253 e. The van der Waals surface area contributed by atoms with Crippen LogP contribution >= 0.6 is 0 Å². The second-order valence-electron chi connectivity index (χ2n) is 8.15. The van der Waals surface area contributed by atoms with E-state index in [0.717, 1.165) is 56.7 Å². The van der Waals surface area contributed by atoms with E-state index in [2.05, 4.69) is 51.3 Å². The van der Waals surface area contributed by atoms with E-state index in [4.69, 9.17) is 0 Å². The predicted molar refractivity (Wildman–Crippen MR) is 118 cm³/mol. The molecule has 1 amide bonds. The van der Waals surface area contributed by atoms with Crippen molar-refractivity contribution in [2.45, 2.75) is 19.3 Å². The molecular weight excluding hydrogens is 374 g/mol. The van der Waals surface area contributed by atoms with E-state index >= 15 is 0 Å². The van der Waals surface area contributed by atoms with E-state index in [1.165, 1.54) is 5.56 Å². The third-order valence-electron chi connectivity index (χ3n) is 5.95. The smallest absolute Gasteiger partial charge is 0.253 e. The second-order valence-corrected chi connectivity index (χ2v) is 8.15. The minimum absolute atomic E-state index is 0.111. The van der Waals surface area contributed by atoms with Gasteiger partial charge in [-0.1, -0.05) is 30.3 Å². The van der Waals surface area contributed by atoms with Crippen LogP contribution in [0.3, 0.4) is 0 Å². The zero-order valence-corrected chi connectivity index (χ0v) is 17.5. The van der Waals surface area contributed by atoms with Gasteiger partial charge in [-0.25, -0.2) is 0 Å². The average Bonchev–Trinajstić information content (AvgIpc) is 3.33. The van der Waals surface area contributed by atoms with Gasteiger partial charge in [0.25, 0.3) is 5.91 Å². The van der Waals surface area contributed by atoms with Crippen molar-refractivity contribution in [3.8, 4) is 5.69 Å². The zero-order chi connectivity index (χ0) is 20.8. The maximum absolute atomic E-state index is 13.4. The zero-order valence-electron chi connectivity index (χ0n) is 17.5. The normalized spacial score (nSPS) is 15.2. The first-order valence-electron chi connectivity index (χ1n) is 10.7. The molecule has 1 fully saturated rings. The Balaban J connectivity index is 1.47. The fourth-order valence-electron chi connectivity index (χ4n) is 4.03. The Morgan fingerprint density at radius 2 is 1.67 bits per heavy atom. The molecule has 6 heteroatoms. The summed E-state index contributed by atoms with van der Waals surface area (Å²) in [5.74, 6) is 0.678. The maximum atomic E-state index is 13.4. The molecule has 1 aliphatic heterocycles. The molecule has 1 saturated heterocycles. The summed E-state index contributed by atoms with van der Waals surface area (Å²) in [4.78, 5) is 17.8. The van der Waals surface area contributed by atoms with Crippen LogP contribution in [0.1, 0.15) is 28.8 Å². The number of likely N-dealkylation sites (tertiary alicyclic amines) is 1. The Bertz CT molecular complexity index is 916. The number of nitrogens with zero attached hydrogens (tertiary/aromatic N) is 5. The Kier molecular flexibility index (Phi) is 6.54. The standard InChI is InChI=1S/C24H29N5O/c1-27-14-11-21(12-15-27)17-28(16-13-20-5-3-2-4-6-20)24(30)22-7-9-23(10-8-22)29-18-25-26-19-29/h2-10,18-19,21H,11-17H2,1H3. The quantitative estimate of drug-likeness (QED) is 0.607. The highest BCUT2D eigenvalue weighted by Crippen LogP contribution is 2.20. The van der Waals surface area contributed by atoms with Gasteiger partial charge < -0.3 is 9.80 Å². The molecule has 0 N–H and O–H groups in total. The second kappa shape index (κ2) is 9.67. The van der Waals surface area contributed by atoms with Crippen LogP contribution in [0.5, 0.6) is 0 Å². The van der Waals surface area contributed by atoms with Crippen molar-refractivity contribution >= 4 is 5.91 Å². The summed E-state index contributed by atoms with van der Waals surface area (Å²) >= 11 is 0. The summed E-state index contributed by atoms with van der Waals surface area (Å²) in [5, 5.41) is 7.68. The summed E-state index contributed by atoms with van der Waals surface area (Å²) in [5.41, 5.74) is 2.94. The minimum atomic E-state index is 0.111. The van der Waals surface area contributed by atoms with Crippen molar-refractivity contribution in [3.05, 3.63) is 78.4 Å². The van der Waals surface area contributed by atoms with Gasteiger partial charge in [-0.15, -0.1) is 10.2 Å². The average molecular weight is 404 g/mol. The van der Waals surface area contributed by atoms with Gasteiger partial charge in [0, 0.05) is 24.3 Å². The third-order valence-corrected chi connectivity index (χ3v) is 5.95. The van der Waals surface area contributed by atoms with Crippen molar-refractivity contribution in [3.63, 3.8) is 0 Å². The number of benzene rings is 2. The number of piperidine rings is 1. The SMILES string of the molecule is CN1CCC(CN(CCc2ccccc2)C(=O)c2ccc(-n3cnnc3)cc2)CC1. The fourth-order valence-corrected chi connectivity index (χ4v) is 4.03. The van der Waals surface area contributed by atoms with E-state index in [-0.39, 0.29) is 5.91 Å².